The Bertz CT molecular complexity index is 758. The molecule has 1 aromatic carbocycles. The van der Waals surface area contributed by atoms with Crippen LogP contribution in [0.3, 0.4) is 0 Å². The van der Waals surface area contributed by atoms with Crippen LogP contribution in [0.5, 0.6) is 5.75 Å². The average molecular weight is 557 g/mol. The van der Waals surface area contributed by atoms with E-state index in [0.29, 0.717) is 25.8 Å². The van der Waals surface area contributed by atoms with E-state index in [1.54, 1.807) is 0 Å². The second kappa shape index (κ2) is 22.6. The largest absolute Gasteiger partial charge is 0.494 e. The standard InChI is InChI=1S/C30H54NO6P/c1-4-6-7-8-9-10-11-12-13-14-15-16-22-35-30-19-17-27(18-20-30)24-28(25-29(32)5-2)26-37-38(33,34)36-23-21-31-3/h17-20,28,31H,4-16,21-26H2,1-3H3,(H,33,34)/p+1. The first-order valence-corrected chi connectivity index (χ1v) is 16.5. The van der Waals surface area contributed by atoms with Crippen LogP contribution < -0.4 is 10.1 Å². The van der Waals surface area contributed by atoms with Gasteiger partial charge in [0.1, 0.15) is 18.1 Å². The molecule has 7 nitrogen and oxygen atoms in total. The highest BCUT2D eigenvalue weighted by molar-refractivity contribution is 7.47. The third kappa shape index (κ3) is 18.9. The first-order valence-electron chi connectivity index (χ1n) is 15.0. The second-order valence-corrected chi connectivity index (χ2v) is 11.8. The van der Waals surface area contributed by atoms with E-state index in [0.717, 1.165) is 24.3 Å². The fourth-order valence-electron chi connectivity index (χ4n) is 4.37. The highest BCUT2D eigenvalue weighted by Gasteiger charge is 2.24. The highest BCUT2D eigenvalue weighted by Crippen LogP contribution is 2.43. The lowest BCUT2D eigenvalue weighted by atomic mass is 9.94. The first-order chi connectivity index (χ1) is 18.4. The number of hydrogen-bond donors (Lipinski definition) is 2. The molecule has 0 saturated carbocycles. The summed E-state index contributed by atoms with van der Waals surface area (Å²) in [6.45, 7) is 5.50. The summed E-state index contributed by atoms with van der Waals surface area (Å²) in [5, 5.41) is 1.86. The molecular formula is C30H55NO6P+. The number of phosphoric ester groups is 1. The van der Waals surface area contributed by atoms with Crippen LogP contribution in [0.2, 0.25) is 0 Å². The molecule has 0 bridgehead atoms. The smallest absolute Gasteiger partial charge is 0.472 e. The monoisotopic (exact) mass is 556 g/mol. The van der Waals surface area contributed by atoms with Crippen molar-refractivity contribution in [3.8, 4) is 5.75 Å². The Morgan fingerprint density at radius 1 is 0.868 bits per heavy atom. The number of unbranched alkanes of at least 4 members (excludes halogenated alkanes) is 11. The number of carbonyl (C=O) groups is 1. The third-order valence-electron chi connectivity index (χ3n) is 6.76. The van der Waals surface area contributed by atoms with E-state index in [9.17, 15) is 14.3 Å². The van der Waals surface area contributed by atoms with E-state index in [-0.39, 0.29) is 24.9 Å². The summed E-state index contributed by atoms with van der Waals surface area (Å²) >= 11 is 0. The molecule has 0 aliphatic carbocycles. The molecule has 3 N–H and O–H groups in total. The molecule has 0 aliphatic heterocycles. The maximum Gasteiger partial charge on any atom is 0.472 e. The summed E-state index contributed by atoms with van der Waals surface area (Å²) in [4.78, 5) is 22.0. The van der Waals surface area contributed by atoms with E-state index in [1.807, 2.05) is 43.6 Å². The number of ketones is 1. The van der Waals surface area contributed by atoms with Gasteiger partial charge in [0.25, 0.3) is 0 Å². The molecule has 0 saturated heterocycles. The van der Waals surface area contributed by atoms with Crippen LogP contribution in [-0.4, -0.2) is 44.1 Å². The summed E-state index contributed by atoms with van der Waals surface area (Å²) in [5.74, 6) is 0.752. The van der Waals surface area contributed by atoms with Crippen molar-refractivity contribution in [3.63, 3.8) is 0 Å². The van der Waals surface area contributed by atoms with Gasteiger partial charge in [-0.3, -0.25) is 13.8 Å². The van der Waals surface area contributed by atoms with Gasteiger partial charge in [-0.25, -0.2) is 4.57 Å². The molecule has 0 aromatic heterocycles. The molecule has 0 heterocycles. The van der Waals surface area contributed by atoms with Gasteiger partial charge in [0, 0.05) is 12.8 Å². The van der Waals surface area contributed by atoms with Gasteiger partial charge < -0.3 is 14.9 Å². The molecule has 0 radical (unpaired) electrons. The molecule has 0 aliphatic rings. The lowest BCUT2D eigenvalue weighted by Gasteiger charge is -2.19. The second-order valence-electron chi connectivity index (χ2n) is 10.3. The van der Waals surface area contributed by atoms with Crippen LogP contribution in [0.15, 0.2) is 24.3 Å². The molecule has 0 fully saturated rings. The minimum Gasteiger partial charge on any atom is -0.494 e. The number of Topliss-reactive ketones (excluding diaryl/α,β-unsaturated/α-hetero) is 1. The Kier molecular flexibility index (Phi) is 20.7. The topological polar surface area (TPSA) is 98.7 Å². The fraction of sp³-hybridized carbons (Fsp3) is 0.767. The van der Waals surface area contributed by atoms with Crippen molar-refractivity contribution in [2.75, 3.05) is 33.4 Å². The van der Waals surface area contributed by atoms with Gasteiger partial charge in [0.2, 0.25) is 0 Å². The van der Waals surface area contributed by atoms with E-state index < -0.39 is 7.82 Å². The normalized spacial score (nSPS) is 13.8. The summed E-state index contributed by atoms with van der Waals surface area (Å²) in [5.41, 5.74) is 1.04. The van der Waals surface area contributed by atoms with Gasteiger partial charge in [-0.2, -0.15) is 0 Å². The number of carbonyl (C=O) groups excluding carboxylic acids is 1. The predicted octanol–water partition coefficient (Wildman–Crippen LogP) is 6.62. The number of hydrogen-bond acceptors (Lipinski definition) is 5. The zero-order valence-electron chi connectivity index (χ0n) is 24.3. The van der Waals surface area contributed by atoms with Gasteiger partial charge in [-0.1, -0.05) is 96.6 Å². The number of likely N-dealkylation sites (N-methyl/N-ethyl adjacent to an activating group) is 1. The average Bonchev–Trinajstić information content (AvgIpc) is 2.91. The van der Waals surface area contributed by atoms with Crippen molar-refractivity contribution in [3.05, 3.63) is 29.8 Å². The summed E-state index contributed by atoms with van der Waals surface area (Å²) in [7, 11) is -2.27. The molecule has 1 rings (SSSR count). The first kappa shape index (κ1) is 34.8. The number of benzene rings is 1. The van der Waals surface area contributed by atoms with Crippen molar-refractivity contribution < 1.29 is 33.4 Å². The zero-order chi connectivity index (χ0) is 27.9. The lowest BCUT2D eigenvalue weighted by Crippen LogP contribution is -2.80. The molecular weight excluding hydrogens is 501 g/mol. The van der Waals surface area contributed by atoms with E-state index >= 15 is 0 Å². The number of nitrogens with two attached hydrogens (primary N) is 1. The number of rotatable bonds is 26. The Hall–Kier alpha value is -1.24. The van der Waals surface area contributed by atoms with Crippen molar-refractivity contribution in [2.24, 2.45) is 5.92 Å². The van der Waals surface area contributed by atoms with Crippen molar-refractivity contribution in [2.45, 2.75) is 110 Å². The molecule has 8 heteroatoms. The Balaban J connectivity index is 2.29. The minimum atomic E-state index is -4.13. The van der Waals surface area contributed by atoms with Crippen molar-refractivity contribution in [1.82, 2.24) is 0 Å². The molecule has 0 spiro atoms. The van der Waals surface area contributed by atoms with Crippen molar-refractivity contribution in [1.29, 1.82) is 0 Å². The van der Waals surface area contributed by atoms with Crippen molar-refractivity contribution >= 4 is 13.6 Å². The molecule has 2 unspecified atom stereocenters. The van der Waals surface area contributed by atoms with Crippen LogP contribution in [0.25, 0.3) is 0 Å². The summed E-state index contributed by atoms with van der Waals surface area (Å²) < 4.78 is 28.2. The molecule has 0 amide bonds. The van der Waals surface area contributed by atoms with E-state index in [4.69, 9.17) is 13.8 Å². The van der Waals surface area contributed by atoms with Gasteiger partial charge in [0.05, 0.1) is 26.8 Å². The summed E-state index contributed by atoms with van der Waals surface area (Å²) in [6.07, 6.45) is 17.2. The highest BCUT2D eigenvalue weighted by atomic mass is 31.2. The third-order valence-corrected chi connectivity index (χ3v) is 7.74. The Labute approximate surface area is 232 Å². The van der Waals surface area contributed by atoms with Crippen LogP contribution in [0.1, 0.15) is 109 Å². The van der Waals surface area contributed by atoms with E-state index in [1.165, 1.54) is 70.6 Å². The van der Waals surface area contributed by atoms with Gasteiger partial charge in [-0.15, -0.1) is 0 Å². The quantitative estimate of drug-likeness (QED) is 0.0983. The Morgan fingerprint density at radius 3 is 2.00 bits per heavy atom. The zero-order valence-corrected chi connectivity index (χ0v) is 25.2. The molecule has 2 atom stereocenters. The van der Waals surface area contributed by atoms with Crippen LogP contribution >= 0.6 is 7.82 Å². The number of ether oxygens (including phenoxy) is 1. The van der Waals surface area contributed by atoms with Crippen LogP contribution in [0, 0.1) is 5.92 Å². The number of phosphoric acid groups is 1. The predicted molar refractivity (Wildman–Crippen MR) is 155 cm³/mol. The molecule has 220 valence electrons. The van der Waals surface area contributed by atoms with Gasteiger partial charge in [-0.05, 0) is 36.5 Å². The van der Waals surface area contributed by atoms with Crippen LogP contribution in [0.4, 0.5) is 0 Å². The Morgan fingerprint density at radius 2 is 1.45 bits per heavy atom. The van der Waals surface area contributed by atoms with Crippen LogP contribution in [-0.2, 0) is 24.8 Å². The maximum atomic E-state index is 12.1. The fourth-order valence-corrected chi connectivity index (χ4v) is 5.18. The summed E-state index contributed by atoms with van der Waals surface area (Å²) in [6, 6.07) is 7.90. The maximum absolute atomic E-state index is 12.1. The van der Waals surface area contributed by atoms with Gasteiger partial charge >= 0.3 is 7.82 Å². The minimum absolute atomic E-state index is 0.00737. The SMILES string of the molecule is CCCCCCCCCCCCCCOc1ccc(CC(COP(=O)(O)OCC[NH2+]C)CC(=O)CC)cc1. The number of quaternary nitrogens is 1. The van der Waals surface area contributed by atoms with Gasteiger partial charge in [0.15, 0.2) is 0 Å². The van der Waals surface area contributed by atoms with E-state index in [2.05, 4.69) is 6.92 Å². The molecule has 38 heavy (non-hydrogen) atoms. The lowest BCUT2D eigenvalue weighted by molar-refractivity contribution is -0.627. The molecule has 1 aromatic rings.